The summed E-state index contributed by atoms with van der Waals surface area (Å²) in [6.45, 7) is -0.0930. The minimum atomic E-state index is -0.711. The van der Waals surface area contributed by atoms with E-state index in [0.29, 0.717) is 24.1 Å². The summed E-state index contributed by atoms with van der Waals surface area (Å²) in [5.74, 6) is -2.67. The molecule has 4 aromatic carbocycles. The number of carbonyl (C=O) groups is 6. The van der Waals surface area contributed by atoms with E-state index in [1.165, 1.54) is 32.4 Å². The largest absolute Gasteiger partial charge is 0.469 e. The number of carbonyl (C=O) groups excluding carboxylic acids is 6. The van der Waals surface area contributed by atoms with Crippen LogP contribution in [0.25, 0.3) is 0 Å². The molecule has 0 saturated heterocycles. The van der Waals surface area contributed by atoms with Gasteiger partial charge in [-0.25, -0.2) is 0 Å². The van der Waals surface area contributed by atoms with Crippen LogP contribution >= 0.6 is 0 Å². The standard InChI is InChI=1S/C40H38N2O8/c1-49-39(47)28(19-25-9-5-3-6-10-25)14-18-36(44)42-29-15-17-32-34(23-29)38(46)31-16-13-27(21-33(31)37(32)45)20-30(43)24-41-35(40(48)50-2)22-26-11-7-4-8-12-26/h3-13,15-17,21,23,28,35,41H,14,18-20,22,24H2,1-2H3,(H,42,44)/t28-,35-/m1/s1. The van der Waals surface area contributed by atoms with Gasteiger partial charge in [-0.3, -0.25) is 34.1 Å². The van der Waals surface area contributed by atoms with Crippen LogP contribution in [-0.4, -0.2) is 62.0 Å². The quantitative estimate of drug-likeness (QED) is 0.151. The molecule has 256 valence electrons. The summed E-state index contributed by atoms with van der Waals surface area (Å²) >= 11 is 0. The average molecular weight is 675 g/mol. The normalized spacial score (nSPS) is 13.0. The summed E-state index contributed by atoms with van der Waals surface area (Å²) in [5.41, 5.74) is 3.54. The minimum absolute atomic E-state index is 0.0129. The third-order valence-electron chi connectivity index (χ3n) is 8.66. The molecule has 0 spiro atoms. The number of hydrogen-bond donors (Lipinski definition) is 2. The maximum atomic E-state index is 13.5. The predicted molar refractivity (Wildman–Crippen MR) is 186 cm³/mol. The highest BCUT2D eigenvalue weighted by Gasteiger charge is 2.31. The number of methoxy groups -OCH3 is 2. The topological polar surface area (TPSA) is 145 Å². The van der Waals surface area contributed by atoms with E-state index < -0.39 is 23.9 Å². The molecule has 4 aromatic rings. The predicted octanol–water partition coefficient (Wildman–Crippen LogP) is 4.70. The molecule has 1 aliphatic carbocycles. The lowest BCUT2D eigenvalue weighted by Gasteiger charge is -2.20. The molecule has 10 heteroatoms. The van der Waals surface area contributed by atoms with Crippen molar-refractivity contribution in [2.24, 2.45) is 5.92 Å². The highest BCUT2D eigenvalue weighted by molar-refractivity contribution is 6.28. The molecule has 5 rings (SSSR count). The van der Waals surface area contributed by atoms with Gasteiger partial charge < -0.3 is 14.8 Å². The van der Waals surface area contributed by atoms with E-state index in [2.05, 4.69) is 10.6 Å². The molecule has 0 aromatic heterocycles. The first-order valence-corrected chi connectivity index (χ1v) is 16.3. The zero-order valence-electron chi connectivity index (χ0n) is 27.9. The molecule has 2 N–H and O–H groups in total. The molecule has 0 saturated carbocycles. The first-order valence-electron chi connectivity index (χ1n) is 16.3. The fourth-order valence-electron chi connectivity index (χ4n) is 6.04. The summed E-state index contributed by atoms with van der Waals surface area (Å²) in [5, 5.41) is 5.76. The fourth-order valence-corrected chi connectivity index (χ4v) is 6.04. The van der Waals surface area contributed by atoms with Gasteiger partial charge in [0.2, 0.25) is 5.91 Å². The van der Waals surface area contributed by atoms with Crippen molar-refractivity contribution in [1.29, 1.82) is 0 Å². The Balaban J connectivity index is 1.20. The third-order valence-corrected chi connectivity index (χ3v) is 8.66. The van der Waals surface area contributed by atoms with Gasteiger partial charge in [0.05, 0.1) is 26.7 Å². The maximum absolute atomic E-state index is 13.5. The summed E-state index contributed by atoms with van der Waals surface area (Å²) in [4.78, 5) is 77.5. The van der Waals surface area contributed by atoms with Crippen molar-refractivity contribution in [3.63, 3.8) is 0 Å². The van der Waals surface area contributed by atoms with E-state index in [1.54, 1.807) is 18.2 Å². The SMILES string of the molecule is COC(=O)[C@H](CCC(=O)Nc1ccc2c(c1)C(=O)c1ccc(CC(=O)CN[C@H](Cc3ccccc3)C(=O)OC)cc1C2=O)Cc1ccccc1. The molecule has 2 atom stereocenters. The van der Waals surface area contributed by atoms with Crippen LogP contribution in [0, 0.1) is 5.92 Å². The molecular formula is C40H38N2O8. The summed E-state index contributed by atoms with van der Waals surface area (Å²) in [6, 6.07) is 27.4. The lowest BCUT2D eigenvalue weighted by Crippen LogP contribution is -2.42. The van der Waals surface area contributed by atoms with Gasteiger partial charge >= 0.3 is 11.9 Å². The Morgan fingerprint density at radius 2 is 1.22 bits per heavy atom. The van der Waals surface area contributed by atoms with Gasteiger partial charge in [0.1, 0.15) is 6.04 Å². The van der Waals surface area contributed by atoms with E-state index in [0.717, 1.165) is 11.1 Å². The molecule has 0 heterocycles. The van der Waals surface area contributed by atoms with Crippen molar-refractivity contribution in [2.75, 3.05) is 26.1 Å². The van der Waals surface area contributed by atoms with Crippen LogP contribution in [-0.2, 0) is 47.9 Å². The number of amides is 1. The number of hydrogen-bond acceptors (Lipinski definition) is 9. The first-order chi connectivity index (χ1) is 24.2. The number of benzene rings is 4. The lowest BCUT2D eigenvalue weighted by atomic mass is 9.82. The number of Topliss-reactive ketones (excluding diaryl/α,β-unsaturated/α-hetero) is 1. The van der Waals surface area contributed by atoms with E-state index in [1.807, 2.05) is 60.7 Å². The number of ketones is 3. The van der Waals surface area contributed by atoms with E-state index in [4.69, 9.17) is 9.47 Å². The zero-order chi connectivity index (χ0) is 35.6. The fraction of sp³-hybridized carbons (Fsp3) is 0.250. The van der Waals surface area contributed by atoms with Gasteiger partial charge in [0, 0.05) is 40.8 Å². The number of fused-ring (bicyclic) bond motifs is 2. The second-order valence-electron chi connectivity index (χ2n) is 12.2. The van der Waals surface area contributed by atoms with Crippen LogP contribution in [0.2, 0.25) is 0 Å². The van der Waals surface area contributed by atoms with Gasteiger partial charge in [-0.15, -0.1) is 0 Å². The van der Waals surface area contributed by atoms with Crippen molar-refractivity contribution >= 4 is 40.9 Å². The van der Waals surface area contributed by atoms with Crippen molar-refractivity contribution in [3.8, 4) is 0 Å². The third kappa shape index (κ3) is 8.83. The number of rotatable bonds is 15. The van der Waals surface area contributed by atoms with Crippen LogP contribution in [0.3, 0.4) is 0 Å². The Hall–Kier alpha value is -5.74. The van der Waals surface area contributed by atoms with Crippen molar-refractivity contribution in [2.45, 2.75) is 38.1 Å². The van der Waals surface area contributed by atoms with Crippen molar-refractivity contribution in [1.82, 2.24) is 5.32 Å². The highest BCUT2D eigenvalue weighted by Crippen LogP contribution is 2.30. The minimum Gasteiger partial charge on any atom is -0.469 e. The van der Waals surface area contributed by atoms with E-state index >= 15 is 0 Å². The highest BCUT2D eigenvalue weighted by atomic mass is 16.5. The number of nitrogens with one attached hydrogen (secondary N) is 2. The molecule has 1 amide bonds. The lowest BCUT2D eigenvalue weighted by molar-refractivity contribution is -0.146. The van der Waals surface area contributed by atoms with Crippen LogP contribution in [0.15, 0.2) is 97.1 Å². The Bertz CT molecular complexity index is 1770. The van der Waals surface area contributed by atoms with Crippen molar-refractivity contribution < 1.29 is 38.2 Å². The molecule has 50 heavy (non-hydrogen) atoms. The number of esters is 2. The molecule has 1 aliphatic rings. The first kappa shape index (κ1) is 35.6. The van der Waals surface area contributed by atoms with E-state index in [-0.39, 0.29) is 71.3 Å². The van der Waals surface area contributed by atoms with Crippen LogP contribution in [0.4, 0.5) is 5.69 Å². The summed E-state index contributed by atoms with van der Waals surface area (Å²) in [6.07, 6.45) is 1.09. The summed E-state index contributed by atoms with van der Waals surface area (Å²) < 4.78 is 9.85. The van der Waals surface area contributed by atoms with Crippen molar-refractivity contribution in [3.05, 3.63) is 136 Å². The van der Waals surface area contributed by atoms with Gasteiger partial charge in [-0.05, 0) is 60.2 Å². The second-order valence-corrected chi connectivity index (χ2v) is 12.2. The Kier molecular flexibility index (Phi) is 11.8. The second kappa shape index (κ2) is 16.6. The van der Waals surface area contributed by atoms with Crippen LogP contribution in [0.5, 0.6) is 0 Å². The summed E-state index contributed by atoms with van der Waals surface area (Å²) in [7, 11) is 2.61. The Labute approximate surface area is 290 Å². The van der Waals surface area contributed by atoms with Gasteiger partial charge in [0.15, 0.2) is 17.3 Å². The molecule has 0 fully saturated rings. The Morgan fingerprint density at radius 1 is 0.640 bits per heavy atom. The molecule has 0 bridgehead atoms. The van der Waals surface area contributed by atoms with Crippen LogP contribution < -0.4 is 10.6 Å². The van der Waals surface area contributed by atoms with Gasteiger partial charge in [-0.2, -0.15) is 0 Å². The zero-order valence-corrected chi connectivity index (χ0v) is 27.9. The number of ether oxygens (including phenoxy) is 2. The molecular weight excluding hydrogens is 636 g/mol. The number of anilines is 1. The monoisotopic (exact) mass is 674 g/mol. The molecule has 0 radical (unpaired) electrons. The molecule has 0 aliphatic heterocycles. The van der Waals surface area contributed by atoms with Gasteiger partial charge in [0.25, 0.3) is 0 Å². The maximum Gasteiger partial charge on any atom is 0.323 e. The molecule has 0 unspecified atom stereocenters. The smallest absolute Gasteiger partial charge is 0.323 e. The molecule has 10 nitrogen and oxygen atoms in total. The van der Waals surface area contributed by atoms with Gasteiger partial charge in [-0.1, -0.05) is 72.8 Å². The van der Waals surface area contributed by atoms with Crippen LogP contribution in [0.1, 0.15) is 61.4 Å². The average Bonchev–Trinajstić information content (AvgIpc) is 3.14. The van der Waals surface area contributed by atoms with E-state index in [9.17, 15) is 28.8 Å². The Morgan fingerprint density at radius 3 is 1.84 bits per heavy atom.